The van der Waals surface area contributed by atoms with Crippen LogP contribution in [0.1, 0.15) is 40.0 Å². The lowest BCUT2D eigenvalue weighted by atomic mass is 10.0. The largest absolute Gasteiger partial charge is 0.497 e. The van der Waals surface area contributed by atoms with Crippen molar-refractivity contribution >= 4 is 29.1 Å². The van der Waals surface area contributed by atoms with Crippen LogP contribution in [0.2, 0.25) is 0 Å². The first-order valence-corrected chi connectivity index (χ1v) is 13.3. The van der Waals surface area contributed by atoms with E-state index in [9.17, 15) is 14.0 Å². The molecule has 0 bridgehead atoms. The molecule has 3 aromatic rings. The van der Waals surface area contributed by atoms with Gasteiger partial charge in [-0.05, 0) is 73.6 Å². The van der Waals surface area contributed by atoms with Gasteiger partial charge in [0.2, 0.25) is 0 Å². The summed E-state index contributed by atoms with van der Waals surface area (Å²) >= 11 is 0. The lowest BCUT2D eigenvalue weighted by Crippen LogP contribution is -2.49. The van der Waals surface area contributed by atoms with Crippen LogP contribution in [0.4, 0.5) is 26.4 Å². The number of hydrogen-bond acceptors (Lipinski definition) is 6. The fraction of sp³-hybridized carbons (Fsp3) is 0.379. The van der Waals surface area contributed by atoms with Gasteiger partial charge in [-0.1, -0.05) is 6.07 Å². The number of ether oxygens (including phenoxy) is 1. The first kappa shape index (κ1) is 25.1. The van der Waals surface area contributed by atoms with Crippen LogP contribution in [-0.4, -0.2) is 66.1 Å². The Morgan fingerprint density at radius 1 is 1.03 bits per heavy atom. The van der Waals surface area contributed by atoms with Crippen molar-refractivity contribution in [2.24, 2.45) is 0 Å². The van der Waals surface area contributed by atoms with Gasteiger partial charge in [0.05, 0.1) is 12.8 Å². The maximum atomic E-state index is 14.2. The second-order valence-electron chi connectivity index (χ2n) is 10.3. The summed E-state index contributed by atoms with van der Waals surface area (Å²) in [5.74, 6) is 0.888. The van der Waals surface area contributed by atoms with E-state index in [0.29, 0.717) is 49.7 Å². The Kier molecular flexibility index (Phi) is 6.54. The third kappa shape index (κ3) is 4.75. The molecule has 202 valence electrons. The van der Waals surface area contributed by atoms with Gasteiger partial charge in [0.1, 0.15) is 29.4 Å². The molecule has 2 aromatic carbocycles. The van der Waals surface area contributed by atoms with Crippen molar-refractivity contribution in [2.75, 3.05) is 48.4 Å². The molecular formula is C29H31FN6O3. The minimum Gasteiger partial charge on any atom is -0.497 e. The van der Waals surface area contributed by atoms with Crippen molar-refractivity contribution < 1.29 is 18.7 Å². The first-order valence-electron chi connectivity index (χ1n) is 13.3. The summed E-state index contributed by atoms with van der Waals surface area (Å²) in [6.07, 6.45) is 4.44. The molecule has 0 spiro atoms. The lowest BCUT2D eigenvalue weighted by Gasteiger charge is -2.38. The molecule has 0 unspecified atom stereocenters. The highest BCUT2D eigenvalue weighted by molar-refractivity contribution is 6.06. The van der Waals surface area contributed by atoms with E-state index in [2.05, 4.69) is 20.2 Å². The Balaban J connectivity index is 1.11. The molecule has 9 nitrogen and oxygen atoms in total. The number of carbonyl (C=O) groups is 2. The van der Waals surface area contributed by atoms with Crippen molar-refractivity contribution in [1.29, 1.82) is 0 Å². The van der Waals surface area contributed by atoms with Gasteiger partial charge in [-0.25, -0.2) is 19.2 Å². The summed E-state index contributed by atoms with van der Waals surface area (Å²) in [6.45, 7) is 4.28. The molecule has 1 N–H and O–H groups in total. The highest BCUT2D eigenvalue weighted by atomic mass is 19.1. The molecule has 1 aromatic heterocycles. The maximum absolute atomic E-state index is 14.2. The minimum absolute atomic E-state index is 0.0789. The number of anilines is 3. The van der Waals surface area contributed by atoms with Crippen molar-refractivity contribution in [2.45, 2.75) is 38.6 Å². The molecule has 0 aliphatic carbocycles. The van der Waals surface area contributed by atoms with Gasteiger partial charge >= 0.3 is 6.03 Å². The van der Waals surface area contributed by atoms with Gasteiger partial charge in [0.25, 0.3) is 5.91 Å². The van der Waals surface area contributed by atoms with Crippen molar-refractivity contribution in [1.82, 2.24) is 14.9 Å². The Hall–Kier alpha value is -4.21. The van der Waals surface area contributed by atoms with Gasteiger partial charge in [0.15, 0.2) is 0 Å². The van der Waals surface area contributed by atoms with Crippen LogP contribution in [0.3, 0.4) is 0 Å². The average Bonchev–Trinajstić information content (AvgIpc) is 3.27. The summed E-state index contributed by atoms with van der Waals surface area (Å²) in [5, 5.41) is 3.06. The van der Waals surface area contributed by atoms with Gasteiger partial charge in [-0.15, -0.1) is 0 Å². The van der Waals surface area contributed by atoms with E-state index >= 15 is 0 Å². The number of amides is 3. The molecule has 0 radical (unpaired) electrons. The fourth-order valence-corrected chi connectivity index (χ4v) is 5.83. The number of piperidine rings is 1. The zero-order valence-electron chi connectivity index (χ0n) is 22.1. The van der Waals surface area contributed by atoms with Gasteiger partial charge in [-0.2, -0.15) is 0 Å². The van der Waals surface area contributed by atoms with E-state index in [0.717, 1.165) is 41.8 Å². The zero-order chi connectivity index (χ0) is 27.1. The second kappa shape index (κ2) is 10.2. The third-order valence-electron chi connectivity index (χ3n) is 8.04. The normalized spacial score (nSPS) is 17.4. The number of nitrogens with one attached hydrogen (secondary N) is 1. The Morgan fingerprint density at radius 2 is 1.82 bits per heavy atom. The molecule has 3 aliphatic heterocycles. The first-order chi connectivity index (χ1) is 18.9. The van der Waals surface area contributed by atoms with E-state index in [1.54, 1.807) is 25.0 Å². The van der Waals surface area contributed by atoms with Crippen molar-refractivity contribution in [3.63, 3.8) is 0 Å². The predicted octanol–water partition coefficient (Wildman–Crippen LogP) is 4.19. The van der Waals surface area contributed by atoms with Crippen molar-refractivity contribution in [3.8, 4) is 5.75 Å². The molecule has 3 amide bonds. The standard InChI is InChI=1S/C29H31FN6O3/c1-18-13-20-6-12-36(26(20)15-23(18)30)28(37)25-16-27(32-17-31-25)34-9-7-21(8-10-34)35-11-5-19-14-22(39-2)3-4-24(19)33-29(35)38/h3-4,13-17,21H,5-12H2,1-2H3,(H,33,38). The number of rotatable bonds is 4. The van der Waals surface area contributed by atoms with Crippen molar-refractivity contribution in [3.05, 3.63) is 70.9 Å². The number of aryl methyl sites for hydroxylation is 1. The maximum Gasteiger partial charge on any atom is 0.322 e. The SMILES string of the molecule is COc1ccc2c(c1)CCN(C1CCN(c3cc(C(=O)N4CCc5cc(C)c(F)cc54)ncn3)CC1)C(=O)N2. The van der Waals surface area contributed by atoms with Gasteiger partial charge in [-0.3, -0.25) is 4.79 Å². The molecule has 6 rings (SSSR count). The van der Waals surface area contributed by atoms with Crippen LogP contribution in [0.5, 0.6) is 5.75 Å². The molecule has 0 atom stereocenters. The quantitative estimate of drug-likeness (QED) is 0.544. The number of hydrogen-bond donors (Lipinski definition) is 1. The monoisotopic (exact) mass is 530 g/mol. The van der Waals surface area contributed by atoms with Crippen LogP contribution in [0, 0.1) is 12.7 Å². The summed E-state index contributed by atoms with van der Waals surface area (Å²) < 4.78 is 19.6. The van der Waals surface area contributed by atoms with E-state index in [-0.39, 0.29) is 29.5 Å². The fourth-order valence-electron chi connectivity index (χ4n) is 5.83. The zero-order valence-corrected chi connectivity index (χ0v) is 22.1. The summed E-state index contributed by atoms with van der Waals surface area (Å²) in [5.41, 5.74) is 4.35. The highest BCUT2D eigenvalue weighted by Gasteiger charge is 2.32. The number of benzene rings is 2. The number of fused-ring (bicyclic) bond motifs is 2. The van der Waals surface area contributed by atoms with E-state index in [1.807, 2.05) is 29.2 Å². The third-order valence-corrected chi connectivity index (χ3v) is 8.04. The van der Waals surface area contributed by atoms with Gasteiger partial charge < -0.3 is 24.8 Å². The van der Waals surface area contributed by atoms with E-state index in [4.69, 9.17) is 4.74 Å². The van der Waals surface area contributed by atoms with Crippen LogP contribution < -0.4 is 19.9 Å². The van der Waals surface area contributed by atoms with Crippen LogP contribution in [0.25, 0.3) is 0 Å². The lowest BCUT2D eigenvalue weighted by molar-refractivity contribution is 0.0984. The number of aromatic nitrogens is 2. The number of halogens is 1. The summed E-state index contributed by atoms with van der Waals surface area (Å²) in [4.78, 5) is 40.7. The highest BCUT2D eigenvalue weighted by Crippen LogP contribution is 2.32. The smallest absolute Gasteiger partial charge is 0.322 e. The second-order valence-corrected chi connectivity index (χ2v) is 10.3. The topological polar surface area (TPSA) is 90.9 Å². The molecule has 3 aliphatic rings. The number of urea groups is 1. The summed E-state index contributed by atoms with van der Waals surface area (Å²) in [7, 11) is 1.64. The molecule has 4 heterocycles. The molecule has 10 heteroatoms. The predicted molar refractivity (Wildman–Crippen MR) is 146 cm³/mol. The minimum atomic E-state index is -0.318. The van der Waals surface area contributed by atoms with Gasteiger partial charge in [0, 0.05) is 44.0 Å². The number of methoxy groups -OCH3 is 1. The average molecular weight is 531 g/mol. The molecule has 39 heavy (non-hydrogen) atoms. The Labute approximate surface area is 226 Å². The number of nitrogens with zero attached hydrogens (tertiary/aromatic N) is 5. The van der Waals surface area contributed by atoms with Crippen LogP contribution in [-0.2, 0) is 12.8 Å². The molecular weight excluding hydrogens is 499 g/mol. The Bertz CT molecular complexity index is 1440. The molecule has 0 saturated carbocycles. The van der Waals surface area contributed by atoms with Crippen LogP contribution >= 0.6 is 0 Å². The van der Waals surface area contributed by atoms with E-state index in [1.165, 1.54) is 12.4 Å². The summed E-state index contributed by atoms with van der Waals surface area (Å²) in [6, 6.07) is 10.7. The van der Waals surface area contributed by atoms with Crippen LogP contribution in [0.15, 0.2) is 42.7 Å². The number of carbonyl (C=O) groups excluding carboxylic acids is 2. The molecule has 1 fully saturated rings. The molecule has 1 saturated heterocycles. The Morgan fingerprint density at radius 3 is 2.62 bits per heavy atom. The van der Waals surface area contributed by atoms with E-state index < -0.39 is 0 Å².